The summed E-state index contributed by atoms with van der Waals surface area (Å²) in [6.07, 6.45) is 0.612. The smallest absolute Gasteiger partial charge is 0.323 e. The fourth-order valence-electron chi connectivity index (χ4n) is 1.78. The lowest BCUT2D eigenvalue weighted by molar-refractivity contribution is 0.261. The molecule has 2 atom stereocenters. The second kappa shape index (κ2) is 4.92. The van der Waals surface area contributed by atoms with Gasteiger partial charge in [0.2, 0.25) is 5.02 Å². The van der Waals surface area contributed by atoms with E-state index in [1.165, 1.54) is 0 Å². The number of rotatable bonds is 3. The molecule has 102 valence electrons. The molecule has 0 aromatic rings. The number of hydrogen-bond acceptors (Lipinski definition) is 5. The Kier molecular flexibility index (Phi) is 4.52. The third-order valence-electron chi connectivity index (χ3n) is 2.83. The zero-order valence-electron chi connectivity index (χ0n) is 8.80. The van der Waals surface area contributed by atoms with Crippen molar-refractivity contribution in [2.75, 3.05) is 6.54 Å². The van der Waals surface area contributed by atoms with Crippen LogP contribution in [0, 0.1) is 0 Å². The summed E-state index contributed by atoms with van der Waals surface area (Å²) in [7, 11) is -10.3. The highest BCUT2D eigenvalue weighted by Crippen LogP contribution is 2.67. The van der Waals surface area contributed by atoms with Gasteiger partial charge in [-0.05, 0) is 12.8 Å². The van der Waals surface area contributed by atoms with E-state index in [9.17, 15) is 9.13 Å². The lowest BCUT2D eigenvalue weighted by Crippen LogP contribution is -2.59. The van der Waals surface area contributed by atoms with Gasteiger partial charge in [-0.2, -0.15) is 12.6 Å². The Bertz CT molecular complexity index is 351. The van der Waals surface area contributed by atoms with Crippen molar-refractivity contribution in [3.63, 3.8) is 0 Å². The summed E-state index contributed by atoms with van der Waals surface area (Å²) in [6, 6.07) is -1.15. The van der Waals surface area contributed by atoms with E-state index < -0.39 is 26.3 Å². The lowest BCUT2D eigenvalue weighted by atomic mass is 10.0. The summed E-state index contributed by atoms with van der Waals surface area (Å²) in [5.74, 6) is 0. The molecule has 0 amide bonds. The van der Waals surface area contributed by atoms with Crippen LogP contribution >= 0.6 is 27.8 Å². The van der Waals surface area contributed by atoms with E-state index in [2.05, 4.69) is 17.9 Å². The summed E-state index contributed by atoms with van der Waals surface area (Å²) in [5, 5.41) is -0.268. The van der Waals surface area contributed by atoms with Crippen LogP contribution in [0.4, 0.5) is 0 Å². The first-order valence-corrected chi connectivity index (χ1v) is 8.56. The van der Waals surface area contributed by atoms with Gasteiger partial charge in [-0.1, -0.05) is 0 Å². The Morgan fingerprint density at radius 2 is 1.65 bits per heavy atom. The van der Waals surface area contributed by atoms with Gasteiger partial charge in [-0.25, -0.2) is 0 Å². The van der Waals surface area contributed by atoms with Gasteiger partial charge in [0.25, 0.3) is 0 Å². The maximum atomic E-state index is 11.3. The average molecular weight is 306 g/mol. The molecule has 17 heavy (non-hydrogen) atoms. The first kappa shape index (κ1) is 15.6. The summed E-state index contributed by atoms with van der Waals surface area (Å²) in [4.78, 5) is 36.5. The highest BCUT2D eigenvalue weighted by Gasteiger charge is 2.62. The molecule has 2 unspecified atom stereocenters. The Balaban J connectivity index is 3.09. The molecule has 11 heteroatoms. The van der Waals surface area contributed by atoms with Crippen molar-refractivity contribution in [3.05, 3.63) is 0 Å². The van der Waals surface area contributed by atoms with Crippen molar-refractivity contribution in [2.24, 2.45) is 5.73 Å². The summed E-state index contributed by atoms with van der Waals surface area (Å²) < 4.78 is 22.6. The number of piperidine rings is 1. The number of thiol groups is 1. The zero-order valence-corrected chi connectivity index (χ0v) is 11.5. The van der Waals surface area contributed by atoms with Crippen molar-refractivity contribution in [1.29, 1.82) is 0 Å². The molecular formula is C6H16N2O6P2S. The quantitative estimate of drug-likeness (QED) is 0.259. The van der Waals surface area contributed by atoms with E-state index in [1.54, 1.807) is 0 Å². The van der Waals surface area contributed by atoms with Crippen LogP contribution in [0.3, 0.4) is 0 Å². The van der Waals surface area contributed by atoms with Gasteiger partial charge < -0.3 is 30.6 Å². The Labute approximate surface area is 104 Å². The van der Waals surface area contributed by atoms with E-state index in [1.807, 2.05) is 0 Å². The lowest BCUT2D eigenvalue weighted by Gasteiger charge is -2.40. The number of nitrogens with one attached hydrogen (secondary N) is 1. The topological polar surface area (TPSA) is 153 Å². The van der Waals surface area contributed by atoms with E-state index in [0.29, 0.717) is 6.42 Å². The Morgan fingerprint density at radius 3 is 1.94 bits per heavy atom. The maximum absolute atomic E-state index is 11.3. The third kappa shape index (κ3) is 2.94. The molecule has 0 aromatic carbocycles. The van der Waals surface area contributed by atoms with E-state index in [-0.39, 0.29) is 18.2 Å². The molecule has 0 spiro atoms. The standard InChI is InChI=1S/C6H16N2O6P2S/c7-6(15(9,10)11,16(12,13)14)5-2-1-4(17)3-8-5/h4-5,8,17H,1-3,7H2,(H2,9,10,11)(H2,12,13,14). The van der Waals surface area contributed by atoms with Crippen molar-refractivity contribution >= 4 is 27.8 Å². The maximum Gasteiger partial charge on any atom is 0.359 e. The fraction of sp³-hybridized carbons (Fsp3) is 1.00. The number of nitrogens with two attached hydrogens (primary N) is 1. The first-order chi connectivity index (χ1) is 7.50. The monoisotopic (exact) mass is 306 g/mol. The van der Waals surface area contributed by atoms with Gasteiger partial charge in [0.15, 0.2) is 0 Å². The molecule has 0 radical (unpaired) electrons. The average Bonchev–Trinajstić information content (AvgIpc) is 2.14. The fourth-order valence-corrected chi connectivity index (χ4v) is 4.64. The van der Waals surface area contributed by atoms with Gasteiger partial charge in [-0.3, -0.25) is 9.13 Å². The highest BCUT2D eigenvalue weighted by molar-refractivity contribution is 7.81. The third-order valence-corrected chi connectivity index (χ3v) is 7.33. The predicted molar refractivity (Wildman–Crippen MR) is 64.8 cm³/mol. The van der Waals surface area contributed by atoms with Gasteiger partial charge in [0.05, 0.1) is 0 Å². The molecule has 0 saturated carbocycles. The molecule has 1 fully saturated rings. The zero-order chi connectivity index (χ0) is 13.5. The molecule has 0 aromatic heterocycles. The first-order valence-electron chi connectivity index (χ1n) is 4.81. The van der Waals surface area contributed by atoms with Gasteiger partial charge >= 0.3 is 15.2 Å². The number of hydrogen-bond donors (Lipinski definition) is 7. The van der Waals surface area contributed by atoms with E-state index in [0.717, 1.165) is 0 Å². The molecule has 8 nitrogen and oxygen atoms in total. The summed E-state index contributed by atoms with van der Waals surface area (Å²) in [5.41, 5.74) is 5.36. The molecule has 0 aliphatic carbocycles. The van der Waals surface area contributed by atoms with Crippen molar-refractivity contribution in [3.8, 4) is 0 Å². The van der Waals surface area contributed by atoms with Crippen molar-refractivity contribution < 1.29 is 28.7 Å². The van der Waals surface area contributed by atoms with Gasteiger partial charge in [-0.15, -0.1) is 0 Å². The molecule has 1 heterocycles. The highest BCUT2D eigenvalue weighted by atomic mass is 32.1. The summed E-state index contributed by atoms with van der Waals surface area (Å²) in [6.45, 7) is 0.284. The van der Waals surface area contributed by atoms with E-state index in [4.69, 9.17) is 25.3 Å². The van der Waals surface area contributed by atoms with Gasteiger partial charge in [0, 0.05) is 17.8 Å². The van der Waals surface area contributed by atoms with Gasteiger partial charge in [0.1, 0.15) is 0 Å². The molecule has 1 aliphatic heterocycles. The van der Waals surface area contributed by atoms with Crippen molar-refractivity contribution in [1.82, 2.24) is 5.32 Å². The molecule has 1 saturated heterocycles. The molecular weight excluding hydrogens is 290 g/mol. The van der Waals surface area contributed by atoms with Crippen LogP contribution in [0.15, 0.2) is 0 Å². The minimum absolute atomic E-state index is 0.0240. The largest absolute Gasteiger partial charge is 0.359 e. The van der Waals surface area contributed by atoms with Crippen LogP contribution in [0.1, 0.15) is 12.8 Å². The summed E-state index contributed by atoms with van der Waals surface area (Å²) >= 11 is 4.15. The van der Waals surface area contributed by atoms with Crippen LogP contribution in [0.5, 0.6) is 0 Å². The van der Waals surface area contributed by atoms with Crippen LogP contribution < -0.4 is 11.1 Å². The van der Waals surface area contributed by atoms with Crippen LogP contribution in [0.25, 0.3) is 0 Å². The second-order valence-corrected chi connectivity index (χ2v) is 8.80. The van der Waals surface area contributed by atoms with Crippen LogP contribution in [-0.2, 0) is 9.13 Å². The van der Waals surface area contributed by atoms with Crippen molar-refractivity contribution in [2.45, 2.75) is 29.2 Å². The van der Waals surface area contributed by atoms with E-state index >= 15 is 0 Å². The van der Waals surface area contributed by atoms with Crippen LogP contribution in [-0.4, -0.2) is 42.4 Å². The minimum atomic E-state index is -5.17. The molecule has 1 aliphatic rings. The molecule has 1 rings (SSSR count). The van der Waals surface area contributed by atoms with Crippen LogP contribution in [0.2, 0.25) is 0 Å². The Morgan fingerprint density at radius 1 is 1.18 bits per heavy atom. The molecule has 7 N–H and O–H groups in total. The predicted octanol–water partition coefficient (Wildman–Crippen LogP) is -0.995. The Hall–Kier alpha value is 0.570. The normalized spacial score (nSPS) is 28.1. The minimum Gasteiger partial charge on any atom is -0.323 e. The molecule has 0 bridgehead atoms. The second-order valence-electron chi connectivity index (χ2n) is 4.06. The SMILES string of the molecule is NC(C1CCC(S)CN1)(P(=O)(O)O)P(=O)(O)O.